The highest BCUT2D eigenvalue weighted by atomic mass is 79.9. The number of aliphatic imine (C=N–C) groups is 1. The van der Waals surface area contributed by atoms with Gasteiger partial charge in [-0.05, 0) is 66.5 Å². The maximum Gasteiger partial charge on any atom is 0.271 e. The smallest absolute Gasteiger partial charge is 0.271 e. The van der Waals surface area contributed by atoms with Gasteiger partial charge in [-0.25, -0.2) is 0 Å². The molecular weight excluding hydrogens is 394 g/mol. The molecule has 1 aromatic heterocycles. The van der Waals surface area contributed by atoms with E-state index in [4.69, 9.17) is 0 Å². The molecule has 0 unspecified atom stereocenters. The van der Waals surface area contributed by atoms with Crippen molar-refractivity contribution in [1.29, 1.82) is 0 Å². The molecule has 0 fully saturated rings. The third-order valence-corrected chi connectivity index (χ3v) is 4.85. The highest BCUT2D eigenvalue weighted by Gasteiger charge is 2.12. The van der Waals surface area contributed by atoms with Crippen molar-refractivity contribution >= 4 is 33.5 Å². The summed E-state index contributed by atoms with van der Waals surface area (Å²) in [5.41, 5.74) is 5.82. The molecule has 0 radical (unpaired) electrons. The van der Waals surface area contributed by atoms with Crippen LogP contribution < -0.4 is 0 Å². The predicted molar refractivity (Wildman–Crippen MR) is 108 cm³/mol. The highest BCUT2D eigenvalue weighted by molar-refractivity contribution is 9.10. The van der Waals surface area contributed by atoms with E-state index in [9.17, 15) is 10.1 Å². The van der Waals surface area contributed by atoms with Gasteiger partial charge in [0.1, 0.15) is 0 Å². The van der Waals surface area contributed by atoms with E-state index in [-0.39, 0.29) is 10.6 Å². The topological polar surface area (TPSA) is 60.4 Å². The Bertz CT molecular complexity index is 1020. The second-order valence-electron chi connectivity index (χ2n) is 6.15. The summed E-state index contributed by atoms with van der Waals surface area (Å²) in [5, 5.41) is 11.0. The number of nitro benzene ring substituents is 1. The van der Waals surface area contributed by atoms with E-state index >= 15 is 0 Å². The Morgan fingerprint density at radius 2 is 1.88 bits per heavy atom. The van der Waals surface area contributed by atoms with Crippen molar-refractivity contribution in [2.24, 2.45) is 4.99 Å². The molecule has 0 saturated carbocycles. The van der Waals surface area contributed by atoms with Crippen LogP contribution in [0.5, 0.6) is 0 Å². The Hall–Kier alpha value is -2.73. The lowest BCUT2D eigenvalue weighted by Crippen LogP contribution is -2.00. The predicted octanol–water partition coefficient (Wildman–Crippen LogP) is 5.82. The normalized spacial score (nSPS) is 11.2. The number of non-ortho nitro benzene ring substituents is 1. The van der Waals surface area contributed by atoms with Gasteiger partial charge in [0, 0.05) is 39.8 Å². The quantitative estimate of drug-likeness (QED) is 0.308. The van der Waals surface area contributed by atoms with Gasteiger partial charge in [-0.3, -0.25) is 15.1 Å². The highest BCUT2D eigenvalue weighted by Crippen LogP contribution is 2.27. The van der Waals surface area contributed by atoms with Crippen molar-refractivity contribution in [3.8, 4) is 5.69 Å². The van der Waals surface area contributed by atoms with Gasteiger partial charge in [-0.1, -0.05) is 12.1 Å². The number of rotatable bonds is 4. The number of nitro groups is 1. The summed E-state index contributed by atoms with van der Waals surface area (Å²) in [4.78, 5) is 15.2. The molecule has 2 aromatic carbocycles. The Morgan fingerprint density at radius 3 is 2.58 bits per heavy atom. The van der Waals surface area contributed by atoms with Crippen LogP contribution in [0.15, 0.2) is 58.0 Å². The second kappa shape index (κ2) is 7.25. The number of nitrogens with zero attached hydrogens (tertiary/aromatic N) is 3. The standard InChI is InChI=1S/C20H18BrN3O2/c1-13-7-8-20(19(21)9-13)22-12-16-10-14(2)23(15(16)3)17-5-4-6-18(11-17)24(25)26/h4-12H,1-3H3. The molecule has 0 saturated heterocycles. The molecule has 0 aliphatic heterocycles. The van der Waals surface area contributed by atoms with E-state index in [0.717, 1.165) is 32.8 Å². The first kappa shape index (κ1) is 18.1. The van der Waals surface area contributed by atoms with Crippen molar-refractivity contribution in [1.82, 2.24) is 4.57 Å². The summed E-state index contributed by atoms with van der Waals surface area (Å²) < 4.78 is 2.94. The van der Waals surface area contributed by atoms with E-state index in [1.54, 1.807) is 12.1 Å². The zero-order valence-corrected chi connectivity index (χ0v) is 16.3. The largest absolute Gasteiger partial charge is 0.318 e. The monoisotopic (exact) mass is 411 g/mol. The van der Waals surface area contributed by atoms with Crippen LogP contribution in [-0.4, -0.2) is 15.7 Å². The van der Waals surface area contributed by atoms with Gasteiger partial charge in [-0.2, -0.15) is 0 Å². The molecular formula is C20H18BrN3O2. The Morgan fingerprint density at radius 1 is 1.12 bits per heavy atom. The average Bonchev–Trinajstić information content (AvgIpc) is 2.88. The summed E-state index contributed by atoms with van der Waals surface area (Å²) in [7, 11) is 0. The Labute approximate surface area is 160 Å². The molecule has 5 nitrogen and oxygen atoms in total. The van der Waals surface area contributed by atoms with Crippen LogP contribution in [0.2, 0.25) is 0 Å². The number of benzene rings is 2. The van der Waals surface area contributed by atoms with Crippen LogP contribution in [0.4, 0.5) is 11.4 Å². The molecule has 0 amide bonds. The molecule has 0 spiro atoms. The van der Waals surface area contributed by atoms with E-state index in [1.807, 2.05) is 61.9 Å². The van der Waals surface area contributed by atoms with Crippen LogP contribution in [0.3, 0.4) is 0 Å². The number of aromatic nitrogens is 1. The van der Waals surface area contributed by atoms with Gasteiger partial charge in [-0.15, -0.1) is 0 Å². The van der Waals surface area contributed by atoms with Crippen molar-refractivity contribution in [3.63, 3.8) is 0 Å². The number of hydrogen-bond donors (Lipinski definition) is 0. The summed E-state index contributed by atoms with van der Waals surface area (Å²) in [6, 6.07) is 14.7. The zero-order chi connectivity index (χ0) is 18.8. The van der Waals surface area contributed by atoms with Crippen molar-refractivity contribution in [2.75, 3.05) is 0 Å². The van der Waals surface area contributed by atoms with Gasteiger partial charge >= 0.3 is 0 Å². The summed E-state index contributed by atoms with van der Waals surface area (Å²) >= 11 is 3.53. The number of hydrogen-bond acceptors (Lipinski definition) is 3. The first-order valence-corrected chi connectivity index (χ1v) is 8.90. The lowest BCUT2D eigenvalue weighted by Gasteiger charge is -2.09. The number of aryl methyl sites for hydroxylation is 2. The fraction of sp³-hybridized carbons (Fsp3) is 0.150. The summed E-state index contributed by atoms with van der Waals surface area (Å²) in [6.07, 6.45) is 1.83. The molecule has 26 heavy (non-hydrogen) atoms. The van der Waals surface area contributed by atoms with E-state index in [1.165, 1.54) is 11.6 Å². The fourth-order valence-electron chi connectivity index (χ4n) is 2.92. The van der Waals surface area contributed by atoms with Crippen LogP contribution in [0.1, 0.15) is 22.5 Å². The molecule has 1 heterocycles. The Balaban J connectivity index is 1.99. The first-order valence-electron chi connectivity index (χ1n) is 8.11. The molecule has 0 N–H and O–H groups in total. The lowest BCUT2D eigenvalue weighted by atomic mass is 10.2. The van der Waals surface area contributed by atoms with Crippen molar-refractivity contribution in [2.45, 2.75) is 20.8 Å². The van der Waals surface area contributed by atoms with Gasteiger partial charge in [0.2, 0.25) is 0 Å². The maximum absolute atomic E-state index is 11.0. The fourth-order valence-corrected chi connectivity index (χ4v) is 3.51. The van der Waals surface area contributed by atoms with Crippen LogP contribution in [0.25, 0.3) is 5.69 Å². The second-order valence-corrected chi connectivity index (χ2v) is 7.01. The molecule has 132 valence electrons. The zero-order valence-electron chi connectivity index (χ0n) is 14.7. The average molecular weight is 412 g/mol. The Kier molecular flexibility index (Phi) is 5.04. The van der Waals surface area contributed by atoms with Crippen LogP contribution in [-0.2, 0) is 0 Å². The molecule has 0 aliphatic rings. The summed E-state index contributed by atoms with van der Waals surface area (Å²) in [6.45, 7) is 5.99. The van der Waals surface area contributed by atoms with Gasteiger partial charge < -0.3 is 4.57 Å². The van der Waals surface area contributed by atoms with Gasteiger partial charge in [0.25, 0.3) is 5.69 Å². The van der Waals surface area contributed by atoms with Crippen molar-refractivity contribution in [3.05, 3.63) is 85.6 Å². The van der Waals surface area contributed by atoms with E-state index in [2.05, 4.69) is 20.9 Å². The van der Waals surface area contributed by atoms with E-state index in [0.29, 0.717) is 0 Å². The minimum Gasteiger partial charge on any atom is -0.318 e. The summed E-state index contributed by atoms with van der Waals surface area (Å²) in [5.74, 6) is 0. The maximum atomic E-state index is 11.0. The third kappa shape index (κ3) is 3.60. The minimum atomic E-state index is -0.380. The molecule has 6 heteroatoms. The van der Waals surface area contributed by atoms with Gasteiger partial charge in [0.15, 0.2) is 0 Å². The molecule has 3 rings (SSSR count). The SMILES string of the molecule is Cc1ccc(N=Cc2cc(C)n(-c3cccc([N+](=O)[O-])c3)c2C)c(Br)c1. The van der Waals surface area contributed by atoms with Gasteiger partial charge in [0.05, 0.1) is 16.3 Å². The first-order chi connectivity index (χ1) is 12.4. The molecule has 0 aliphatic carbocycles. The lowest BCUT2D eigenvalue weighted by molar-refractivity contribution is -0.384. The van der Waals surface area contributed by atoms with Crippen LogP contribution in [0, 0.1) is 30.9 Å². The molecule has 0 bridgehead atoms. The molecule has 0 atom stereocenters. The van der Waals surface area contributed by atoms with Crippen LogP contribution >= 0.6 is 15.9 Å². The minimum absolute atomic E-state index is 0.0776. The molecule has 3 aromatic rings. The third-order valence-electron chi connectivity index (χ3n) is 4.21. The number of halogens is 1. The van der Waals surface area contributed by atoms with Crippen molar-refractivity contribution < 1.29 is 4.92 Å². The van der Waals surface area contributed by atoms with E-state index < -0.39 is 0 Å².